The third-order valence-corrected chi connectivity index (χ3v) is 3.63. The molecule has 0 aliphatic carbocycles. The quantitative estimate of drug-likeness (QED) is 0.718. The highest BCUT2D eigenvalue weighted by molar-refractivity contribution is 5.43. The van der Waals surface area contributed by atoms with Crippen LogP contribution in [0.1, 0.15) is 38.3 Å². The van der Waals surface area contributed by atoms with Gasteiger partial charge in [-0.1, -0.05) is 26.3 Å². The maximum atomic E-state index is 5.85. The third kappa shape index (κ3) is 5.56. The van der Waals surface area contributed by atoms with Crippen molar-refractivity contribution in [3.05, 3.63) is 23.8 Å². The van der Waals surface area contributed by atoms with Gasteiger partial charge in [0.1, 0.15) is 0 Å². The topological polar surface area (TPSA) is 39.7 Å². The normalized spacial score (nSPS) is 13.8. The molecule has 4 heteroatoms. The van der Waals surface area contributed by atoms with E-state index < -0.39 is 0 Å². The summed E-state index contributed by atoms with van der Waals surface area (Å²) in [4.78, 5) is 0. The lowest BCUT2D eigenvalue weighted by atomic mass is 10.1. The van der Waals surface area contributed by atoms with Crippen molar-refractivity contribution >= 4 is 0 Å². The molecule has 2 unspecified atom stereocenters. The molecule has 21 heavy (non-hydrogen) atoms. The van der Waals surface area contributed by atoms with E-state index in [0.717, 1.165) is 23.7 Å². The van der Waals surface area contributed by atoms with Crippen molar-refractivity contribution in [3.8, 4) is 11.5 Å². The summed E-state index contributed by atoms with van der Waals surface area (Å²) in [7, 11) is 5.24. The zero-order valence-corrected chi connectivity index (χ0v) is 13.9. The highest BCUT2D eigenvalue weighted by atomic mass is 16.5. The second-order valence-corrected chi connectivity index (χ2v) is 5.39. The van der Waals surface area contributed by atoms with E-state index in [0.29, 0.717) is 12.5 Å². The number of methoxy groups -OCH3 is 2. The Morgan fingerprint density at radius 2 is 1.81 bits per heavy atom. The second-order valence-electron chi connectivity index (χ2n) is 5.39. The van der Waals surface area contributed by atoms with Crippen molar-refractivity contribution in [2.75, 3.05) is 34.5 Å². The average Bonchev–Trinajstić information content (AvgIpc) is 2.51. The van der Waals surface area contributed by atoms with Crippen LogP contribution in [0.25, 0.3) is 0 Å². The molecule has 0 saturated heterocycles. The van der Waals surface area contributed by atoms with Crippen molar-refractivity contribution in [2.24, 2.45) is 5.92 Å². The van der Waals surface area contributed by atoms with Crippen molar-refractivity contribution in [2.45, 2.75) is 32.7 Å². The van der Waals surface area contributed by atoms with Gasteiger partial charge in [-0.2, -0.15) is 0 Å². The number of hydrogen-bond donors (Lipinski definition) is 1. The molecule has 2 atom stereocenters. The van der Waals surface area contributed by atoms with Gasteiger partial charge in [0.25, 0.3) is 0 Å². The summed E-state index contributed by atoms with van der Waals surface area (Å²) >= 11 is 0. The van der Waals surface area contributed by atoms with E-state index in [1.54, 1.807) is 14.2 Å². The Balaban J connectivity index is 2.63. The zero-order valence-electron chi connectivity index (χ0n) is 13.9. The Hall–Kier alpha value is -1.26. The van der Waals surface area contributed by atoms with E-state index in [-0.39, 0.29) is 6.04 Å². The monoisotopic (exact) mass is 295 g/mol. The van der Waals surface area contributed by atoms with E-state index in [2.05, 4.69) is 19.2 Å². The van der Waals surface area contributed by atoms with Gasteiger partial charge in [-0.25, -0.2) is 0 Å². The van der Waals surface area contributed by atoms with Gasteiger partial charge in [0.2, 0.25) is 0 Å². The maximum Gasteiger partial charge on any atom is 0.161 e. The summed E-state index contributed by atoms with van der Waals surface area (Å²) < 4.78 is 16.5. The molecule has 1 N–H and O–H groups in total. The van der Waals surface area contributed by atoms with Gasteiger partial charge in [0, 0.05) is 6.61 Å². The fourth-order valence-corrected chi connectivity index (χ4v) is 2.38. The fourth-order valence-electron chi connectivity index (χ4n) is 2.38. The Morgan fingerprint density at radius 1 is 1.10 bits per heavy atom. The molecule has 0 aliphatic rings. The van der Waals surface area contributed by atoms with E-state index in [4.69, 9.17) is 14.2 Å². The molecule has 0 aromatic heterocycles. The first-order valence-corrected chi connectivity index (χ1v) is 7.63. The van der Waals surface area contributed by atoms with E-state index in [1.165, 1.54) is 12.8 Å². The molecule has 0 radical (unpaired) electrons. The van der Waals surface area contributed by atoms with Gasteiger partial charge in [0.05, 0.1) is 26.9 Å². The second kappa shape index (κ2) is 9.64. The molecule has 0 fully saturated rings. The number of nitrogens with one attached hydrogen (secondary N) is 1. The predicted molar refractivity (Wildman–Crippen MR) is 86.2 cm³/mol. The summed E-state index contributed by atoms with van der Waals surface area (Å²) in [6.07, 6.45) is 2.41. The van der Waals surface area contributed by atoms with Gasteiger partial charge in [0.15, 0.2) is 11.5 Å². The number of ether oxygens (including phenoxy) is 3. The van der Waals surface area contributed by atoms with Crippen molar-refractivity contribution < 1.29 is 14.2 Å². The molecule has 0 amide bonds. The van der Waals surface area contributed by atoms with Gasteiger partial charge < -0.3 is 19.5 Å². The van der Waals surface area contributed by atoms with Crippen LogP contribution in [0.2, 0.25) is 0 Å². The number of rotatable bonds is 10. The first kappa shape index (κ1) is 17.8. The largest absolute Gasteiger partial charge is 0.493 e. The molecule has 120 valence electrons. The SMILES string of the molecule is CCCC(C)COCC(NC)c1ccc(OC)c(OC)c1. The summed E-state index contributed by atoms with van der Waals surface area (Å²) in [6, 6.07) is 6.12. The highest BCUT2D eigenvalue weighted by Crippen LogP contribution is 2.30. The molecule has 0 bridgehead atoms. The van der Waals surface area contributed by atoms with Crippen LogP contribution in [0.3, 0.4) is 0 Å². The molecule has 0 spiro atoms. The molecule has 0 heterocycles. The first-order valence-electron chi connectivity index (χ1n) is 7.63. The van der Waals surface area contributed by atoms with Crippen LogP contribution in [0.15, 0.2) is 18.2 Å². The lowest BCUT2D eigenvalue weighted by Gasteiger charge is -2.20. The summed E-state index contributed by atoms with van der Waals surface area (Å²) in [5, 5.41) is 3.29. The maximum absolute atomic E-state index is 5.85. The molecule has 0 aliphatic heterocycles. The summed E-state index contributed by atoms with van der Waals surface area (Å²) in [6.45, 7) is 5.89. The smallest absolute Gasteiger partial charge is 0.161 e. The summed E-state index contributed by atoms with van der Waals surface area (Å²) in [5.41, 5.74) is 1.14. The number of likely N-dealkylation sites (N-methyl/N-ethyl adjacent to an activating group) is 1. The standard InChI is InChI=1S/C17H29NO3/c1-6-7-13(2)11-21-12-15(18-3)14-8-9-16(19-4)17(10-14)20-5/h8-10,13,15,18H,6-7,11-12H2,1-5H3. The first-order chi connectivity index (χ1) is 10.2. The van der Waals surface area contributed by atoms with Gasteiger partial charge in [-0.15, -0.1) is 0 Å². The average molecular weight is 295 g/mol. The molecular formula is C17H29NO3. The molecule has 1 aromatic carbocycles. The van der Waals surface area contributed by atoms with Crippen molar-refractivity contribution in [1.29, 1.82) is 0 Å². The van der Waals surface area contributed by atoms with Crippen molar-refractivity contribution in [3.63, 3.8) is 0 Å². The highest BCUT2D eigenvalue weighted by Gasteiger charge is 2.13. The Labute approximate surface area is 128 Å². The van der Waals surface area contributed by atoms with Gasteiger partial charge >= 0.3 is 0 Å². The Bertz CT molecular complexity index is 409. The third-order valence-electron chi connectivity index (χ3n) is 3.63. The molecule has 0 saturated carbocycles. The van der Waals surface area contributed by atoms with E-state index in [9.17, 15) is 0 Å². The Kier molecular flexibility index (Phi) is 8.16. The molecule has 4 nitrogen and oxygen atoms in total. The lowest BCUT2D eigenvalue weighted by Crippen LogP contribution is -2.23. The summed E-state index contributed by atoms with van der Waals surface area (Å²) in [5.74, 6) is 2.10. The van der Waals surface area contributed by atoms with Crippen molar-refractivity contribution in [1.82, 2.24) is 5.32 Å². The number of benzene rings is 1. The van der Waals surface area contributed by atoms with Crippen LogP contribution in [-0.2, 0) is 4.74 Å². The van der Waals surface area contributed by atoms with Crippen LogP contribution < -0.4 is 14.8 Å². The predicted octanol–water partition coefficient (Wildman–Crippen LogP) is 3.42. The fraction of sp³-hybridized carbons (Fsp3) is 0.647. The zero-order chi connectivity index (χ0) is 15.7. The van der Waals surface area contributed by atoms with E-state index >= 15 is 0 Å². The van der Waals surface area contributed by atoms with Gasteiger partial charge in [-0.05, 0) is 37.1 Å². The molecule has 1 aromatic rings. The molecule has 1 rings (SSSR count). The van der Waals surface area contributed by atoms with Crippen LogP contribution in [0, 0.1) is 5.92 Å². The van der Waals surface area contributed by atoms with Crippen LogP contribution in [-0.4, -0.2) is 34.5 Å². The van der Waals surface area contributed by atoms with Crippen LogP contribution in [0.5, 0.6) is 11.5 Å². The Morgan fingerprint density at radius 3 is 2.38 bits per heavy atom. The molecular weight excluding hydrogens is 266 g/mol. The van der Waals surface area contributed by atoms with Crippen LogP contribution >= 0.6 is 0 Å². The number of hydrogen-bond acceptors (Lipinski definition) is 4. The van der Waals surface area contributed by atoms with Crippen LogP contribution in [0.4, 0.5) is 0 Å². The minimum Gasteiger partial charge on any atom is -0.493 e. The minimum atomic E-state index is 0.152. The van der Waals surface area contributed by atoms with Gasteiger partial charge in [-0.3, -0.25) is 0 Å². The van der Waals surface area contributed by atoms with E-state index in [1.807, 2.05) is 25.2 Å². The minimum absolute atomic E-state index is 0.152. The lowest BCUT2D eigenvalue weighted by molar-refractivity contribution is 0.0848.